The monoisotopic (exact) mass is 314 g/mol. The van der Waals surface area contributed by atoms with Crippen molar-refractivity contribution in [1.29, 1.82) is 0 Å². The highest BCUT2D eigenvalue weighted by atomic mass is 35.5. The fourth-order valence-electron chi connectivity index (χ4n) is 2.27. The maximum absolute atomic E-state index is 11.0. The van der Waals surface area contributed by atoms with Gasteiger partial charge in [-0.25, -0.2) is 0 Å². The van der Waals surface area contributed by atoms with E-state index in [4.69, 9.17) is 31.9 Å². The zero-order valence-corrected chi connectivity index (χ0v) is 12.8. The van der Waals surface area contributed by atoms with Crippen molar-refractivity contribution in [3.8, 4) is 11.5 Å². The Morgan fingerprint density at radius 3 is 2.76 bits per heavy atom. The molecule has 1 heterocycles. The fraction of sp³-hybridized carbons (Fsp3) is 0.500. The number of rotatable bonds is 6. The molecule has 0 saturated carbocycles. The first-order chi connectivity index (χ1) is 9.90. The van der Waals surface area contributed by atoms with Gasteiger partial charge >= 0.3 is 5.97 Å². The topological polar surface area (TPSA) is 85.0 Å². The summed E-state index contributed by atoms with van der Waals surface area (Å²) in [5.74, 6) is -0.0513. The van der Waals surface area contributed by atoms with Gasteiger partial charge in [-0.1, -0.05) is 11.6 Å². The van der Waals surface area contributed by atoms with Crippen LogP contribution in [0.3, 0.4) is 0 Å². The van der Waals surface area contributed by atoms with Crippen LogP contribution in [-0.4, -0.2) is 55.4 Å². The molecule has 1 atom stereocenters. The molecule has 7 heteroatoms. The van der Waals surface area contributed by atoms with Crippen LogP contribution in [0.2, 0.25) is 5.02 Å². The predicted molar refractivity (Wildman–Crippen MR) is 79.2 cm³/mol. The van der Waals surface area contributed by atoms with E-state index in [9.17, 15) is 4.79 Å². The van der Waals surface area contributed by atoms with Crippen LogP contribution >= 0.6 is 11.6 Å². The highest BCUT2D eigenvalue weighted by Gasteiger charge is 2.28. The Bertz CT molecular complexity index is 532. The maximum Gasteiger partial charge on any atom is 0.320 e. The van der Waals surface area contributed by atoms with Crippen molar-refractivity contribution in [3.63, 3.8) is 0 Å². The van der Waals surface area contributed by atoms with E-state index in [2.05, 4.69) is 4.90 Å². The maximum atomic E-state index is 11.0. The number of hydrogen-bond acceptors (Lipinski definition) is 5. The number of nitrogens with zero attached hydrogens (tertiary/aromatic N) is 1. The number of aliphatic carboxylic acids is 1. The van der Waals surface area contributed by atoms with Gasteiger partial charge in [0.1, 0.15) is 12.1 Å². The van der Waals surface area contributed by atoms with E-state index in [1.54, 1.807) is 12.1 Å². The van der Waals surface area contributed by atoms with Crippen LogP contribution in [-0.2, 0) is 11.2 Å². The molecule has 6 nitrogen and oxygen atoms in total. The third-order valence-corrected chi connectivity index (χ3v) is 3.61. The van der Waals surface area contributed by atoms with Gasteiger partial charge in [0, 0.05) is 36.2 Å². The predicted octanol–water partition coefficient (Wildman–Crippen LogP) is 0.996. The van der Waals surface area contributed by atoms with Crippen LogP contribution in [0.25, 0.3) is 0 Å². The Morgan fingerprint density at radius 2 is 2.24 bits per heavy atom. The zero-order valence-electron chi connectivity index (χ0n) is 12.0. The van der Waals surface area contributed by atoms with Gasteiger partial charge < -0.3 is 20.3 Å². The van der Waals surface area contributed by atoms with Gasteiger partial charge in [0.2, 0.25) is 0 Å². The van der Waals surface area contributed by atoms with Crippen molar-refractivity contribution < 1.29 is 19.4 Å². The molecule has 0 aromatic heterocycles. The van der Waals surface area contributed by atoms with Crippen molar-refractivity contribution in [3.05, 3.63) is 22.7 Å². The number of hydrogen-bond donors (Lipinski definition) is 2. The van der Waals surface area contributed by atoms with Crippen molar-refractivity contribution in [2.24, 2.45) is 5.73 Å². The summed E-state index contributed by atoms with van der Waals surface area (Å²) in [5.41, 5.74) is 6.25. The Morgan fingerprint density at radius 1 is 1.57 bits per heavy atom. The first-order valence-electron chi connectivity index (χ1n) is 6.60. The fourth-order valence-corrected chi connectivity index (χ4v) is 2.50. The van der Waals surface area contributed by atoms with Crippen LogP contribution in [0, 0.1) is 0 Å². The van der Waals surface area contributed by atoms with E-state index in [1.165, 1.54) is 7.11 Å². The van der Waals surface area contributed by atoms with Crippen molar-refractivity contribution >= 4 is 17.6 Å². The number of carboxylic acids is 1. The molecule has 1 aromatic rings. The van der Waals surface area contributed by atoms with E-state index in [1.807, 2.05) is 7.05 Å². The number of ether oxygens (including phenoxy) is 2. The van der Waals surface area contributed by atoms with Crippen LogP contribution < -0.4 is 15.2 Å². The lowest BCUT2D eigenvalue weighted by molar-refractivity contribution is -0.138. The van der Waals surface area contributed by atoms with E-state index in [0.717, 1.165) is 13.1 Å². The standard InChI is InChI=1S/C14H19ClN2O4/c1-17-6-10(7-17)21-13-8(4-11(16)14(18)19)3-9(15)5-12(13)20-2/h3,5,10-11H,4,6-7,16H2,1-2H3,(H,18,19). The lowest BCUT2D eigenvalue weighted by Crippen LogP contribution is -2.51. The molecule has 0 aliphatic carbocycles. The Kier molecular flexibility index (Phi) is 4.92. The van der Waals surface area contributed by atoms with Crippen molar-refractivity contribution in [2.45, 2.75) is 18.6 Å². The second-order valence-corrected chi connectivity index (χ2v) is 5.64. The van der Waals surface area contributed by atoms with Gasteiger partial charge in [-0.3, -0.25) is 9.69 Å². The highest BCUT2D eigenvalue weighted by molar-refractivity contribution is 6.30. The molecule has 0 radical (unpaired) electrons. The minimum Gasteiger partial charge on any atom is -0.493 e. The van der Waals surface area contributed by atoms with Gasteiger partial charge in [0.25, 0.3) is 0 Å². The summed E-state index contributed by atoms with van der Waals surface area (Å²) in [6.07, 6.45) is 0.189. The smallest absolute Gasteiger partial charge is 0.320 e. The van der Waals surface area contributed by atoms with Crippen molar-refractivity contribution in [2.75, 3.05) is 27.2 Å². The zero-order chi connectivity index (χ0) is 15.6. The van der Waals surface area contributed by atoms with Gasteiger partial charge in [0.05, 0.1) is 7.11 Å². The minimum atomic E-state index is -1.07. The molecule has 0 amide bonds. The summed E-state index contributed by atoms with van der Waals surface area (Å²) in [7, 11) is 3.52. The summed E-state index contributed by atoms with van der Waals surface area (Å²) < 4.78 is 11.2. The molecule has 1 unspecified atom stereocenters. The summed E-state index contributed by atoms with van der Waals surface area (Å²) in [5, 5.41) is 9.42. The van der Waals surface area contributed by atoms with Gasteiger partial charge in [-0.05, 0) is 13.1 Å². The molecule has 1 saturated heterocycles. The van der Waals surface area contributed by atoms with Gasteiger partial charge in [-0.2, -0.15) is 0 Å². The second kappa shape index (κ2) is 6.51. The first kappa shape index (κ1) is 15.9. The third-order valence-electron chi connectivity index (χ3n) is 3.39. The third kappa shape index (κ3) is 3.78. The van der Waals surface area contributed by atoms with Gasteiger partial charge in [0.15, 0.2) is 11.5 Å². The number of benzene rings is 1. The second-order valence-electron chi connectivity index (χ2n) is 5.21. The number of nitrogens with two attached hydrogens (primary N) is 1. The molecule has 1 aliphatic heterocycles. The summed E-state index contributed by atoms with van der Waals surface area (Å²) in [6, 6.07) is 2.30. The number of carboxylic acid groups (broad SMARTS) is 1. The van der Waals surface area contributed by atoms with E-state index in [-0.39, 0.29) is 12.5 Å². The highest BCUT2D eigenvalue weighted by Crippen LogP contribution is 2.36. The normalized spacial score (nSPS) is 17.1. The molecule has 1 aliphatic rings. The quantitative estimate of drug-likeness (QED) is 0.814. The first-order valence-corrected chi connectivity index (χ1v) is 6.98. The summed E-state index contributed by atoms with van der Waals surface area (Å²) in [4.78, 5) is 13.1. The van der Waals surface area contributed by atoms with E-state index in [0.29, 0.717) is 22.1 Å². The molecule has 2 rings (SSSR count). The Labute approximate surface area is 128 Å². The summed E-state index contributed by atoms with van der Waals surface area (Å²) in [6.45, 7) is 1.63. The number of likely N-dealkylation sites (N-methyl/N-ethyl adjacent to an activating group) is 1. The minimum absolute atomic E-state index is 0.0601. The van der Waals surface area contributed by atoms with Crippen LogP contribution in [0.5, 0.6) is 11.5 Å². The number of halogens is 1. The van der Waals surface area contributed by atoms with E-state index >= 15 is 0 Å². The SMILES string of the molecule is COc1cc(Cl)cc(CC(N)C(=O)O)c1OC1CN(C)C1. The van der Waals surface area contributed by atoms with Crippen LogP contribution in [0.15, 0.2) is 12.1 Å². The van der Waals surface area contributed by atoms with Crippen LogP contribution in [0.4, 0.5) is 0 Å². The summed E-state index contributed by atoms with van der Waals surface area (Å²) >= 11 is 6.04. The molecule has 3 N–H and O–H groups in total. The molecule has 0 spiro atoms. The molecule has 1 aromatic carbocycles. The Hall–Kier alpha value is -1.50. The lowest BCUT2D eigenvalue weighted by Gasteiger charge is -2.36. The lowest BCUT2D eigenvalue weighted by atomic mass is 10.0. The number of carbonyl (C=O) groups is 1. The number of methoxy groups -OCH3 is 1. The molecule has 21 heavy (non-hydrogen) atoms. The largest absolute Gasteiger partial charge is 0.493 e. The molecule has 1 fully saturated rings. The molecular formula is C14H19ClN2O4. The van der Waals surface area contributed by atoms with Crippen molar-refractivity contribution in [1.82, 2.24) is 4.90 Å². The molecule has 116 valence electrons. The number of likely N-dealkylation sites (tertiary alicyclic amines) is 1. The van der Waals surface area contributed by atoms with Gasteiger partial charge in [-0.15, -0.1) is 0 Å². The molecule has 0 bridgehead atoms. The Balaban J connectivity index is 2.27. The average molecular weight is 315 g/mol. The van der Waals surface area contributed by atoms with E-state index < -0.39 is 12.0 Å². The van der Waals surface area contributed by atoms with Crippen LogP contribution in [0.1, 0.15) is 5.56 Å². The average Bonchev–Trinajstić information content (AvgIpc) is 2.38. The molecular weight excluding hydrogens is 296 g/mol.